The molecule has 0 aromatic heterocycles. The third kappa shape index (κ3) is 3.01. The fourth-order valence-electron chi connectivity index (χ4n) is 0.976. The number of carbonyl (C=O) groups excluding carboxylic acids is 1. The Hall–Kier alpha value is -0.933. The molecule has 5 heteroatoms. The van der Waals surface area contributed by atoms with Gasteiger partial charge in [-0.15, -0.1) is 0 Å². The zero-order chi connectivity index (χ0) is 12.3. The standard InChI is InChI=1S/C10H20N2O2Si/c1-7-14-9(13)8(12-11)15(5,6)10(2,3)4/h7H2,1-6H3. The van der Waals surface area contributed by atoms with Gasteiger partial charge in [0, 0.05) is 0 Å². The molecule has 0 bridgehead atoms. The Labute approximate surface area is 92.3 Å². The molecule has 0 saturated heterocycles. The van der Waals surface area contributed by atoms with Crippen molar-refractivity contribution in [2.75, 3.05) is 6.61 Å². The van der Waals surface area contributed by atoms with Crippen molar-refractivity contribution in [3.8, 4) is 0 Å². The number of hydrogen-bond donors (Lipinski definition) is 0. The molecular formula is C10H20N2O2Si. The van der Waals surface area contributed by atoms with Crippen molar-refractivity contribution in [1.82, 2.24) is 0 Å². The van der Waals surface area contributed by atoms with Crippen molar-refractivity contribution in [1.29, 1.82) is 0 Å². The molecule has 0 unspecified atom stereocenters. The molecule has 0 atom stereocenters. The van der Waals surface area contributed by atoms with Crippen LogP contribution in [0.2, 0.25) is 18.1 Å². The van der Waals surface area contributed by atoms with E-state index in [0.29, 0.717) is 6.61 Å². The summed E-state index contributed by atoms with van der Waals surface area (Å²) < 4.78 is 4.88. The summed E-state index contributed by atoms with van der Waals surface area (Å²) in [6, 6.07) is 0. The van der Waals surface area contributed by atoms with Crippen molar-refractivity contribution < 1.29 is 14.3 Å². The summed E-state index contributed by atoms with van der Waals surface area (Å²) in [6.45, 7) is 12.2. The van der Waals surface area contributed by atoms with E-state index in [4.69, 9.17) is 10.3 Å². The first-order valence-corrected chi connectivity index (χ1v) is 8.08. The Bertz CT molecular complexity index is 299. The molecule has 0 aliphatic heterocycles. The highest BCUT2D eigenvalue weighted by molar-refractivity contribution is 7.13. The van der Waals surface area contributed by atoms with E-state index in [9.17, 15) is 4.79 Å². The lowest BCUT2D eigenvalue weighted by Crippen LogP contribution is -2.51. The van der Waals surface area contributed by atoms with Crippen LogP contribution in [0.25, 0.3) is 5.53 Å². The maximum atomic E-state index is 11.6. The largest absolute Gasteiger partial charge is 0.458 e. The maximum Gasteiger partial charge on any atom is 0.410 e. The van der Waals surface area contributed by atoms with Gasteiger partial charge >= 0.3 is 11.3 Å². The van der Waals surface area contributed by atoms with Crippen LogP contribution < -0.4 is 0 Å². The average molecular weight is 228 g/mol. The second-order valence-corrected chi connectivity index (χ2v) is 10.3. The molecule has 0 fully saturated rings. The summed E-state index contributed by atoms with van der Waals surface area (Å²) in [5, 5.41) is 0.151. The SMILES string of the molecule is CCOC(=O)C(=[N+]=[N-])[Si](C)(C)C(C)(C)C. The van der Waals surface area contributed by atoms with Gasteiger partial charge in [-0.05, 0) is 12.0 Å². The van der Waals surface area contributed by atoms with Crippen molar-refractivity contribution in [2.45, 2.75) is 45.8 Å². The van der Waals surface area contributed by atoms with Crippen molar-refractivity contribution >= 4 is 19.4 Å². The predicted molar refractivity (Wildman–Crippen MR) is 62.5 cm³/mol. The summed E-state index contributed by atoms with van der Waals surface area (Å²) in [4.78, 5) is 14.7. The summed E-state index contributed by atoms with van der Waals surface area (Å²) in [6.07, 6.45) is 0. The fourth-order valence-corrected chi connectivity index (χ4v) is 2.52. The molecule has 0 rings (SSSR count). The zero-order valence-electron chi connectivity index (χ0n) is 10.4. The molecule has 0 aromatic carbocycles. The smallest absolute Gasteiger partial charge is 0.410 e. The van der Waals surface area contributed by atoms with E-state index < -0.39 is 14.0 Å². The highest BCUT2D eigenvalue weighted by Crippen LogP contribution is 2.36. The van der Waals surface area contributed by atoms with Crippen molar-refractivity contribution in [3.05, 3.63) is 5.53 Å². The average Bonchev–Trinajstić information content (AvgIpc) is 2.03. The normalized spacial score (nSPS) is 11.9. The van der Waals surface area contributed by atoms with Gasteiger partial charge in [0.2, 0.25) is 8.07 Å². The van der Waals surface area contributed by atoms with Gasteiger partial charge < -0.3 is 10.3 Å². The molecule has 0 spiro atoms. The number of esters is 1. The summed E-state index contributed by atoms with van der Waals surface area (Å²) in [5.41, 5.74) is 8.94. The number of rotatable bonds is 3. The van der Waals surface area contributed by atoms with Gasteiger partial charge in [-0.3, -0.25) is 0 Å². The second-order valence-electron chi connectivity index (χ2n) is 5.04. The lowest BCUT2D eigenvalue weighted by Gasteiger charge is -2.31. The van der Waals surface area contributed by atoms with Crippen LogP contribution in [0.5, 0.6) is 0 Å². The van der Waals surface area contributed by atoms with Gasteiger partial charge in [-0.2, -0.15) is 4.79 Å². The second kappa shape index (κ2) is 4.73. The van der Waals surface area contributed by atoms with Crippen molar-refractivity contribution in [3.63, 3.8) is 0 Å². The van der Waals surface area contributed by atoms with Gasteiger partial charge in [-0.1, -0.05) is 33.9 Å². The van der Waals surface area contributed by atoms with Crippen LogP contribution in [0, 0.1) is 0 Å². The minimum Gasteiger partial charge on any atom is -0.458 e. The molecule has 15 heavy (non-hydrogen) atoms. The van der Waals surface area contributed by atoms with E-state index in [0.717, 1.165) is 0 Å². The zero-order valence-corrected chi connectivity index (χ0v) is 11.4. The van der Waals surface area contributed by atoms with E-state index in [2.05, 4.69) is 4.79 Å². The lowest BCUT2D eigenvalue weighted by atomic mass is 10.2. The van der Waals surface area contributed by atoms with Crippen LogP contribution >= 0.6 is 0 Å². The van der Waals surface area contributed by atoms with Gasteiger partial charge in [0.25, 0.3) is 0 Å². The summed E-state index contributed by atoms with van der Waals surface area (Å²) >= 11 is 0. The Kier molecular flexibility index (Phi) is 4.43. The Morgan fingerprint density at radius 3 is 2.13 bits per heavy atom. The molecular weight excluding hydrogens is 208 g/mol. The van der Waals surface area contributed by atoms with E-state index in [1.165, 1.54) is 0 Å². The minimum absolute atomic E-state index is 0.0542. The third-order valence-electron chi connectivity index (χ3n) is 3.04. The minimum atomic E-state index is -2.11. The number of hydrogen-bond acceptors (Lipinski definition) is 2. The molecule has 0 aliphatic rings. The molecule has 0 amide bonds. The third-order valence-corrected chi connectivity index (χ3v) is 8.27. The van der Waals surface area contributed by atoms with Crippen LogP contribution in [-0.4, -0.2) is 30.8 Å². The topological polar surface area (TPSA) is 62.7 Å². The Morgan fingerprint density at radius 1 is 1.40 bits per heavy atom. The molecule has 0 aliphatic carbocycles. The van der Waals surface area contributed by atoms with E-state index >= 15 is 0 Å². The number of ether oxygens (including phenoxy) is 1. The van der Waals surface area contributed by atoms with Crippen LogP contribution in [-0.2, 0) is 9.53 Å². The van der Waals surface area contributed by atoms with E-state index in [1.54, 1.807) is 6.92 Å². The highest BCUT2D eigenvalue weighted by atomic mass is 28.3. The molecule has 4 nitrogen and oxygen atoms in total. The highest BCUT2D eigenvalue weighted by Gasteiger charge is 2.50. The lowest BCUT2D eigenvalue weighted by molar-refractivity contribution is -0.139. The van der Waals surface area contributed by atoms with Crippen LogP contribution in [0.1, 0.15) is 27.7 Å². The molecule has 0 radical (unpaired) electrons. The van der Waals surface area contributed by atoms with Crippen LogP contribution in [0.15, 0.2) is 0 Å². The van der Waals surface area contributed by atoms with Crippen LogP contribution in [0.4, 0.5) is 0 Å². The fraction of sp³-hybridized carbons (Fsp3) is 0.800. The van der Waals surface area contributed by atoms with Gasteiger partial charge in [-0.25, -0.2) is 4.79 Å². The Morgan fingerprint density at radius 2 is 1.87 bits per heavy atom. The van der Waals surface area contributed by atoms with Gasteiger partial charge in [0.05, 0.1) is 6.61 Å². The molecule has 0 saturated carbocycles. The van der Waals surface area contributed by atoms with Crippen molar-refractivity contribution in [2.24, 2.45) is 0 Å². The summed E-state index contributed by atoms with van der Waals surface area (Å²) in [5.74, 6) is -0.494. The first kappa shape index (κ1) is 14.1. The van der Waals surface area contributed by atoms with Gasteiger partial charge in [0.1, 0.15) is 0 Å². The van der Waals surface area contributed by atoms with Gasteiger partial charge in [0.15, 0.2) is 0 Å². The summed E-state index contributed by atoms with van der Waals surface area (Å²) in [7, 11) is -2.11. The monoisotopic (exact) mass is 228 g/mol. The molecule has 0 N–H and O–H groups in total. The number of nitrogens with zero attached hydrogens (tertiary/aromatic N) is 2. The van der Waals surface area contributed by atoms with E-state index in [-0.39, 0.29) is 10.4 Å². The molecule has 0 aromatic rings. The quantitative estimate of drug-likeness (QED) is 0.244. The molecule has 0 heterocycles. The Balaban J connectivity index is 5.18. The maximum absolute atomic E-state index is 11.6. The predicted octanol–water partition coefficient (Wildman–Crippen LogP) is 2.27. The van der Waals surface area contributed by atoms with E-state index in [1.807, 2.05) is 33.9 Å². The molecule has 86 valence electrons. The first-order valence-electron chi connectivity index (χ1n) is 5.08. The van der Waals surface area contributed by atoms with Crippen LogP contribution in [0.3, 0.4) is 0 Å². The first-order chi connectivity index (χ1) is 6.68. The number of carbonyl (C=O) groups is 1.